The number of piperidine rings is 1. The number of aryl methyl sites for hydroxylation is 1. The number of amides is 1. The summed E-state index contributed by atoms with van der Waals surface area (Å²) < 4.78 is 25.4. The van der Waals surface area contributed by atoms with Gasteiger partial charge < -0.3 is 19.8 Å². The Balaban J connectivity index is 1.28. The minimum absolute atomic E-state index is 0.0704. The van der Waals surface area contributed by atoms with Crippen LogP contribution < -0.4 is 15.4 Å². The molecule has 34 heavy (non-hydrogen) atoms. The number of anilines is 1. The number of nitrogens with one attached hydrogen (secondary N) is 2. The SMILES string of the molecule is Cc1nnc([C@@H]2C[C@H]2C(=O)Nc2cc(-c3ccc(O[C@H]4CCNC[C@H]4F)c(C#N)c3)ccn2)o1. The van der Waals surface area contributed by atoms with Crippen molar-refractivity contribution in [3.8, 4) is 22.9 Å². The van der Waals surface area contributed by atoms with E-state index in [4.69, 9.17) is 9.15 Å². The summed E-state index contributed by atoms with van der Waals surface area (Å²) in [5, 5.41) is 23.3. The number of hydrogen-bond donors (Lipinski definition) is 2. The van der Waals surface area contributed by atoms with Gasteiger partial charge >= 0.3 is 0 Å². The minimum atomic E-state index is -1.12. The average molecular weight is 462 g/mol. The van der Waals surface area contributed by atoms with E-state index in [-0.39, 0.29) is 24.3 Å². The van der Waals surface area contributed by atoms with Gasteiger partial charge in [0.2, 0.25) is 17.7 Å². The van der Waals surface area contributed by atoms with E-state index in [2.05, 4.69) is 31.9 Å². The summed E-state index contributed by atoms with van der Waals surface area (Å²) in [4.78, 5) is 16.9. The van der Waals surface area contributed by atoms with Gasteiger partial charge in [0.05, 0.1) is 11.5 Å². The number of aromatic nitrogens is 3. The Labute approximate surface area is 195 Å². The molecular formula is C24H23FN6O3. The third-order valence-electron chi connectivity index (χ3n) is 6.06. The van der Waals surface area contributed by atoms with E-state index in [1.54, 1.807) is 43.5 Å². The summed E-state index contributed by atoms with van der Waals surface area (Å²) in [7, 11) is 0. The molecule has 3 aromatic rings. The zero-order valence-corrected chi connectivity index (χ0v) is 18.5. The lowest BCUT2D eigenvalue weighted by molar-refractivity contribution is -0.117. The highest BCUT2D eigenvalue weighted by atomic mass is 19.1. The van der Waals surface area contributed by atoms with Gasteiger partial charge in [0, 0.05) is 25.6 Å². The van der Waals surface area contributed by atoms with Crippen LogP contribution in [0.1, 0.15) is 36.1 Å². The fraction of sp³-hybridized carbons (Fsp3) is 0.375. The molecule has 9 nitrogen and oxygen atoms in total. The first-order valence-electron chi connectivity index (χ1n) is 11.1. The molecule has 2 aromatic heterocycles. The maximum Gasteiger partial charge on any atom is 0.229 e. The summed E-state index contributed by atoms with van der Waals surface area (Å²) in [6.07, 6.45) is 1.08. The van der Waals surface area contributed by atoms with Crippen molar-refractivity contribution in [1.29, 1.82) is 5.26 Å². The van der Waals surface area contributed by atoms with Crippen LogP contribution in [0.5, 0.6) is 5.75 Å². The van der Waals surface area contributed by atoms with Crippen LogP contribution in [0.15, 0.2) is 40.9 Å². The molecule has 4 atom stereocenters. The van der Waals surface area contributed by atoms with Crippen LogP contribution in [-0.2, 0) is 4.79 Å². The van der Waals surface area contributed by atoms with Crippen molar-refractivity contribution in [2.24, 2.45) is 5.92 Å². The molecule has 1 saturated carbocycles. The van der Waals surface area contributed by atoms with E-state index in [1.165, 1.54) is 0 Å². The van der Waals surface area contributed by atoms with Crippen molar-refractivity contribution in [1.82, 2.24) is 20.5 Å². The molecule has 2 aliphatic rings. The number of rotatable bonds is 6. The van der Waals surface area contributed by atoms with Crippen LogP contribution in [0.2, 0.25) is 0 Å². The molecule has 174 valence electrons. The van der Waals surface area contributed by atoms with Crippen LogP contribution in [0, 0.1) is 24.2 Å². The predicted octanol–water partition coefficient (Wildman–Crippen LogP) is 3.13. The molecule has 5 rings (SSSR count). The molecule has 1 aliphatic carbocycles. The van der Waals surface area contributed by atoms with Gasteiger partial charge in [0.1, 0.15) is 29.9 Å². The van der Waals surface area contributed by atoms with Gasteiger partial charge in [-0.25, -0.2) is 9.37 Å². The first-order chi connectivity index (χ1) is 16.5. The van der Waals surface area contributed by atoms with Gasteiger partial charge in [0.25, 0.3) is 0 Å². The second-order valence-electron chi connectivity index (χ2n) is 8.51. The fourth-order valence-electron chi connectivity index (χ4n) is 4.11. The van der Waals surface area contributed by atoms with Gasteiger partial charge in [0.15, 0.2) is 0 Å². The van der Waals surface area contributed by atoms with E-state index in [0.29, 0.717) is 48.3 Å². The van der Waals surface area contributed by atoms with Crippen LogP contribution in [0.25, 0.3) is 11.1 Å². The summed E-state index contributed by atoms with van der Waals surface area (Å²) in [5.74, 6) is 1.26. The molecule has 0 bridgehead atoms. The Morgan fingerprint density at radius 1 is 1.29 bits per heavy atom. The number of alkyl halides is 1. The van der Waals surface area contributed by atoms with Crippen LogP contribution in [0.4, 0.5) is 10.2 Å². The van der Waals surface area contributed by atoms with Crippen molar-refractivity contribution < 1.29 is 18.3 Å². The highest BCUT2D eigenvalue weighted by Crippen LogP contribution is 2.47. The summed E-state index contributed by atoms with van der Waals surface area (Å²) in [6.45, 7) is 2.63. The first kappa shape index (κ1) is 22.0. The van der Waals surface area contributed by atoms with Crippen molar-refractivity contribution in [2.75, 3.05) is 18.4 Å². The zero-order valence-electron chi connectivity index (χ0n) is 18.5. The minimum Gasteiger partial charge on any atom is -0.486 e. The van der Waals surface area contributed by atoms with Gasteiger partial charge in [-0.2, -0.15) is 5.26 Å². The van der Waals surface area contributed by atoms with E-state index in [9.17, 15) is 14.4 Å². The van der Waals surface area contributed by atoms with Crippen molar-refractivity contribution in [2.45, 2.75) is 38.0 Å². The third-order valence-corrected chi connectivity index (χ3v) is 6.06. The fourth-order valence-corrected chi connectivity index (χ4v) is 4.11. The molecule has 2 N–H and O–H groups in total. The van der Waals surface area contributed by atoms with E-state index in [1.807, 2.05) is 0 Å². The smallest absolute Gasteiger partial charge is 0.229 e. The lowest BCUT2D eigenvalue weighted by atomic mass is 10.0. The molecule has 0 radical (unpaired) electrons. The second-order valence-corrected chi connectivity index (χ2v) is 8.51. The van der Waals surface area contributed by atoms with E-state index < -0.39 is 12.3 Å². The zero-order chi connectivity index (χ0) is 23.7. The van der Waals surface area contributed by atoms with E-state index in [0.717, 1.165) is 11.1 Å². The molecule has 1 aromatic carbocycles. The maximum atomic E-state index is 14.1. The third kappa shape index (κ3) is 4.61. The Morgan fingerprint density at radius 2 is 2.15 bits per heavy atom. The first-order valence-corrected chi connectivity index (χ1v) is 11.1. The highest BCUT2D eigenvalue weighted by molar-refractivity contribution is 5.94. The lowest BCUT2D eigenvalue weighted by Gasteiger charge is -2.27. The molecule has 10 heteroatoms. The van der Waals surface area contributed by atoms with Crippen LogP contribution >= 0.6 is 0 Å². The average Bonchev–Trinajstić information content (AvgIpc) is 3.54. The predicted molar refractivity (Wildman–Crippen MR) is 120 cm³/mol. The highest BCUT2D eigenvalue weighted by Gasteiger charge is 2.47. The number of benzene rings is 1. The van der Waals surface area contributed by atoms with Crippen molar-refractivity contribution in [3.05, 3.63) is 53.9 Å². The number of pyridine rings is 1. The Hall–Kier alpha value is -3.84. The molecule has 0 spiro atoms. The topological polar surface area (TPSA) is 126 Å². The number of halogens is 1. The van der Waals surface area contributed by atoms with Gasteiger partial charge in [-0.3, -0.25) is 4.79 Å². The quantitative estimate of drug-likeness (QED) is 0.572. The molecule has 3 heterocycles. The number of ether oxygens (including phenoxy) is 1. The summed E-state index contributed by atoms with van der Waals surface area (Å²) in [5.41, 5.74) is 1.86. The number of carbonyl (C=O) groups excluding carboxylic acids is 1. The molecule has 1 saturated heterocycles. The van der Waals surface area contributed by atoms with Gasteiger partial charge in [-0.15, -0.1) is 10.2 Å². The normalized spacial score (nSPS) is 23.7. The summed E-state index contributed by atoms with van der Waals surface area (Å²) in [6, 6.07) is 10.9. The summed E-state index contributed by atoms with van der Waals surface area (Å²) >= 11 is 0. The number of carbonyl (C=O) groups is 1. The van der Waals surface area contributed by atoms with Crippen LogP contribution in [0.3, 0.4) is 0 Å². The van der Waals surface area contributed by atoms with Gasteiger partial charge in [-0.1, -0.05) is 6.07 Å². The van der Waals surface area contributed by atoms with Crippen molar-refractivity contribution in [3.63, 3.8) is 0 Å². The van der Waals surface area contributed by atoms with Gasteiger partial charge in [-0.05, 0) is 54.8 Å². The standard InChI is InChI=1S/C24H23FN6O3/c1-13-30-31-24(33-13)18-10-17(18)23(32)29-22-9-15(4-7-28-22)14-2-3-20(16(8-14)11-26)34-21-5-6-27-12-19(21)25/h2-4,7-9,17-19,21,27H,5-6,10,12H2,1H3,(H,28,29,32)/t17-,18-,19-,21+/m1/s1. The Bertz CT molecular complexity index is 1260. The number of hydrogen-bond acceptors (Lipinski definition) is 8. The monoisotopic (exact) mass is 462 g/mol. The maximum absolute atomic E-state index is 14.1. The molecule has 0 unspecified atom stereocenters. The Morgan fingerprint density at radius 3 is 2.91 bits per heavy atom. The second kappa shape index (κ2) is 9.19. The lowest BCUT2D eigenvalue weighted by Crippen LogP contribution is -2.44. The largest absolute Gasteiger partial charge is 0.486 e. The molecule has 1 amide bonds. The molecule has 1 aliphatic heterocycles. The Kier molecular flexibility index (Phi) is 5.94. The van der Waals surface area contributed by atoms with Crippen LogP contribution in [-0.4, -0.2) is 46.5 Å². The molecule has 2 fully saturated rings. The van der Waals surface area contributed by atoms with Crippen molar-refractivity contribution >= 4 is 11.7 Å². The number of nitrogens with zero attached hydrogens (tertiary/aromatic N) is 4. The molecular weight excluding hydrogens is 439 g/mol. The van der Waals surface area contributed by atoms with E-state index >= 15 is 0 Å². The number of nitriles is 1.